The van der Waals surface area contributed by atoms with Crippen LogP contribution in [-0.4, -0.2) is 43.2 Å². The third kappa shape index (κ3) is 2.41. The number of methoxy groups -OCH3 is 1. The van der Waals surface area contributed by atoms with Crippen molar-refractivity contribution < 1.29 is 27.5 Å². The summed E-state index contributed by atoms with van der Waals surface area (Å²) in [6.45, 7) is 0.207. The number of amides is 1. The molecule has 1 saturated heterocycles. The molecule has 4 rings (SSSR count). The van der Waals surface area contributed by atoms with E-state index in [-0.39, 0.29) is 30.8 Å². The number of halogens is 3. The lowest BCUT2D eigenvalue weighted by molar-refractivity contribution is -0.240. The molecule has 7 heteroatoms. The number of rotatable bonds is 2. The average Bonchev–Trinajstić information content (AvgIpc) is 2.49. The summed E-state index contributed by atoms with van der Waals surface area (Å²) in [6, 6.07) is 0. The normalized spacial score (nSPS) is 30.9. The second kappa shape index (κ2) is 5.61. The van der Waals surface area contributed by atoms with E-state index in [0.717, 1.165) is 25.7 Å². The van der Waals surface area contributed by atoms with Crippen molar-refractivity contribution in [3.05, 3.63) is 0 Å². The fourth-order valence-corrected chi connectivity index (χ4v) is 6.12. The molecule has 0 aromatic heterocycles. The van der Waals surface area contributed by atoms with Gasteiger partial charge in [-0.25, -0.2) is 0 Å². The molecule has 1 unspecified atom stereocenters. The van der Waals surface area contributed by atoms with Crippen molar-refractivity contribution in [3.8, 4) is 0 Å². The van der Waals surface area contributed by atoms with Crippen LogP contribution in [0.3, 0.4) is 0 Å². The third-order valence-corrected chi connectivity index (χ3v) is 7.72. The predicted molar refractivity (Wildman–Crippen MR) is 87.0 cm³/mol. The van der Waals surface area contributed by atoms with Crippen molar-refractivity contribution in [1.29, 1.82) is 0 Å². The minimum absolute atomic E-state index is 0.0579. The van der Waals surface area contributed by atoms with Gasteiger partial charge in [-0.3, -0.25) is 9.59 Å². The van der Waals surface area contributed by atoms with Gasteiger partial charge in [-0.15, -0.1) is 0 Å². The number of carbonyl (C=O) groups is 2. The fourth-order valence-electron chi connectivity index (χ4n) is 6.12. The van der Waals surface area contributed by atoms with E-state index in [2.05, 4.69) is 0 Å². The summed E-state index contributed by atoms with van der Waals surface area (Å²) >= 11 is 0. The van der Waals surface area contributed by atoms with Crippen molar-refractivity contribution >= 4 is 11.9 Å². The maximum atomic E-state index is 13.5. The second-order valence-electron chi connectivity index (χ2n) is 9.11. The van der Waals surface area contributed by atoms with Crippen molar-refractivity contribution in [1.82, 2.24) is 4.90 Å². The van der Waals surface area contributed by atoms with E-state index in [1.807, 2.05) is 0 Å². The zero-order chi connectivity index (χ0) is 18.8. The van der Waals surface area contributed by atoms with Crippen molar-refractivity contribution in [2.45, 2.75) is 64.0 Å². The first-order valence-corrected chi connectivity index (χ1v) is 9.61. The lowest BCUT2D eigenvalue weighted by Crippen LogP contribution is -2.65. The Morgan fingerprint density at radius 3 is 2.12 bits per heavy atom. The van der Waals surface area contributed by atoms with Crippen molar-refractivity contribution in [2.75, 3.05) is 20.2 Å². The Labute approximate surface area is 151 Å². The molecule has 1 heterocycles. The number of hydrogen-bond donors (Lipinski definition) is 0. The highest BCUT2D eigenvalue weighted by Gasteiger charge is 2.67. The topological polar surface area (TPSA) is 46.6 Å². The number of carbonyl (C=O) groups excluding carboxylic acids is 2. The van der Waals surface area contributed by atoms with Gasteiger partial charge in [0.1, 0.15) is 5.41 Å². The van der Waals surface area contributed by atoms with Crippen molar-refractivity contribution in [2.24, 2.45) is 22.2 Å². The largest absolute Gasteiger partial charge is 0.468 e. The summed E-state index contributed by atoms with van der Waals surface area (Å²) < 4.78 is 45.3. The number of ether oxygens (including phenoxy) is 1. The van der Waals surface area contributed by atoms with Crippen LogP contribution in [0.15, 0.2) is 0 Å². The Hall–Kier alpha value is -1.27. The summed E-state index contributed by atoms with van der Waals surface area (Å²) in [5.41, 5.74) is -1.92. The van der Waals surface area contributed by atoms with Crippen LogP contribution in [0.4, 0.5) is 13.2 Å². The fraction of sp³-hybridized carbons (Fsp3) is 0.895. The molecule has 26 heavy (non-hydrogen) atoms. The van der Waals surface area contributed by atoms with Crippen LogP contribution in [0.5, 0.6) is 0 Å². The molecule has 2 spiro atoms. The summed E-state index contributed by atoms with van der Waals surface area (Å²) in [6.07, 6.45) is 1.69. The van der Waals surface area contributed by atoms with E-state index in [0.29, 0.717) is 25.7 Å². The summed E-state index contributed by atoms with van der Waals surface area (Å²) in [4.78, 5) is 27.3. The van der Waals surface area contributed by atoms with Gasteiger partial charge in [0.2, 0.25) is 5.91 Å². The smallest absolute Gasteiger partial charge is 0.392 e. The molecular weight excluding hydrogens is 347 g/mol. The maximum Gasteiger partial charge on any atom is 0.392 e. The summed E-state index contributed by atoms with van der Waals surface area (Å²) in [7, 11) is 1.28. The van der Waals surface area contributed by atoms with E-state index in [1.165, 1.54) is 7.11 Å². The number of hydrogen-bond acceptors (Lipinski definition) is 3. The Morgan fingerprint density at radius 2 is 1.69 bits per heavy atom. The molecule has 3 saturated carbocycles. The number of esters is 1. The van der Waals surface area contributed by atoms with E-state index in [1.54, 1.807) is 4.90 Å². The van der Waals surface area contributed by atoms with Crippen LogP contribution in [0.25, 0.3) is 0 Å². The van der Waals surface area contributed by atoms with E-state index >= 15 is 0 Å². The molecule has 0 bridgehead atoms. The van der Waals surface area contributed by atoms with Gasteiger partial charge in [0.05, 0.1) is 13.0 Å². The molecule has 1 atom stereocenters. The first kappa shape index (κ1) is 18.1. The quantitative estimate of drug-likeness (QED) is 0.548. The van der Waals surface area contributed by atoms with Crippen molar-refractivity contribution in [3.63, 3.8) is 0 Å². The minimum Gasteiger partial charge on any atom is -0.468 e. The van der Waals surface area contributed by atoms with Crippen LogP contribution >= 0.6 is 0 Å². The molecule has 0 aromatic rings. The molecule has 0 aromatic carbocycles. The molecule has 146 valence electrons. The van der Waals surface area contributed by atoms with Crippen LogP contribution in [0.1, 0.15) is 57.8 Å². The number of likely N-dealkylation sites (tertiary alicyclic amines) is 1. The number of alkyl halides is 3. The third-order valence-electron chi connectivity index (χ3n) is 7.72. The Morgan fingerprint density at radius 1 is 1.08 bits per heavy atom. The standard InChI is InChI=1S/C19H26F3NO3/c1-26-15(25)18(10-16(11-18)5-2-6-16)14(24)23-9-4-13(19(20,21)22)17(12-23)7-3-8-17/h13H,2-12H2,1H3. The van der Waals surface area contributed by atoms with Gasteiger partial charge in [0, 0.05) is 13.1 Å². The Balaban J connectivity index is 1.53. The number of piperidine rings is 1. The molecule has 3 aliphatic carbocycles. The van der Waals surface area contributed by atoms with Crippen LogP contribution in [0.2, 0.25) is 0 Å². The molecule has 1 amide bonds. The van der Waals surface area contributed by atoms with Crippen LogP contribution in [0, 0.1) is 22.2 Å². The molecule has 0 radical (unpaired) electrons. The predicted octanol–water partition coefficient (Wildman–Crippen LogP) is 3.69. The molecule has 4 aliphatic rings. The molecule has 0 N–H and O–H groups in total. The molecular formula is C19H26F3NO3. The van der Waals surface area contributed by atoms with E-state index < -0.39 is 28.9 Å². The first-order chi connectivity index (χ1) is 12.2. The first-order valence-electron chi connectivity index (χ1n) is 9.61. The Bertz CT molecular complexity index is 614. The van der Waals surface area contributed by atoms with Gasteiger partial charge in [-0.05, 0) is 55.8 Å². The molecule has 4 nitrogen and oxygen atoms in total. The van der Waals surface area contributed by atoms with Gasteiger partial charge in [-0.2, -0.15) is 13.2 Å². The lowest BCUT2D eigenvalue weighted by Gasteiger charge is -2.60. The van der Waals surface area contributed by atoms with E-state index in [9.17, 15) is 22.8 Å². The molecule has 4 fully saturated rings. The zero-order valence-corrected chi connectivity index (χ0v) is 15.2. The molecule has 1 aliphatic heterocycles. The summed E-state index contributed by atoms with van der Waals surface area (Å²) in [5.74, 6) is -2.14. The van der Waals surface area contributed by atoms with Gasteiger partial charge < -0.3 is 9.64 Å². The lowest BCUT2D eigenvalue weighted by atomic mass is 9.44. The average molecular weight is 373 g/mol. The van der Waals surface area contributed by atoms with Gasteiger partial charge >= 0.3 is 12.1 Å². The van der Waals surface area contributed by atoms with Gasteiger partial charge in [0.25, 0.3) is 0 Å². The number of nitrogens with zero attached hydrogens (tertiary/aromatic N) is 1. The second-order valence-corrected chi connectivity index (χ2v) is 9.11. The highest BCUT2D eigenvalue weighted by Crippen LogP contribution is 2.66. The highest BCUT2D eigenvalue weighted by atomic mass is 19.4. The zero-order valence-electron chi connectivity index (χ0n) is 15.2. The monoisotopic (exact) mass is 373 g/mol. The van der Waals surface area contributed by atoms with Gasteiger partial charge in [-0.1, -0.05) is 12.8 Å². The minimum atomic E-state index is -4.22. The summed E-state index contributed by atoms with van der Waals surface area (Å²) in [5, 5.41) is 0. The highest BCUT2D eigenvalue weighted by molar-refractivity contribution is 6.04. The Kier molecular flexibility index (Phi) is 3.91. The SMILES string of the molecule is COC(=O)C1(C(=O)N2CCC(C(F)(F)F)C3(CCC3)C2)CC2(CCC2)C1. The van der Waals surface area contributed by atoms with Gasteiger partial charge in [0.15, 0.2) is 0 Å². The van der Waals surface area contributed by atoms with E-state index in [4.69, 9.17) is 4.74 Å². The van der Waals surface area contributed by atoms with Crippen LogP contribution < -0.4 is 0 Å². The van der Waals surface area contributed by atoms with Crippen LogP contribution in [-0.2, 0) is 14.3 Å². The maximum absolute atomic E-state index is 13.5.